The van der Waals surface area contributed by atoms with Gasteiger partial charge in [0.05, 0.1) is 12.9 Å². The van der Waals surface area contributed by atoms with Crippen molar-refractivity contribution >= 4 is 17.0 Å². The van der Waals surface area contributed by atoms with Gasteiger partial charge in [0.2, 0.25) is 0 Å². The van der Waals surface area contributed by atoms with E-state index in [0.717, 1.165) is 12.8 Å². The minimum absolute atomic E-state index is 0.162. The Balaban J connectivity index is 1.59. The number of benzene rings is 1. The molecule has 0 aliphatic carbocycles. The van der Waals surface area contributed by atoms with Crippen molar-refractivity contribution in [2.75, 3.05) is 11.9 Å². The second-order valence-electron chi connectivity index (χ2n) is 7.21. The minimum Gasteiger partial charge on any atom is -0.394 e. The quantitative estimate of drug-likeness (QED) is 0.461. The van der Waals surface area contributed by atoms with Crippen molar-refractivity contribution in [3.63, 3.8) is 0 Å². The van der Waals surface area contributed by atoms with E-state index in [1.807, 2.05) is 18.2 Å². The molecule has 0 radical (unpaired) electrons. The lowest BCUT2D eigenvalue weighted by molar-refractivity contribution is -0.0511. The van der Waals surface area contributed by atoms with Crippen LogP contribution in [0.15, 0.2) is 43.0 Å². The maximum atomic E-state index is 10.3. The van der Waals surface area contributed by atoms with Crippen molar-refractivity contribution in [2.45, 2.75) is 50.3 Å². The summed E-state index contributed by atoms with van der Waals surface area (Å²) in [5, 5.41) is 33.1. The Morgan fingerprint density at radius 2 is 1.93 bits per heavy atom. The zero-order valence-electron chi connectivity index (χ0n) is 16.1. The fraction of sp³-hybridized carbons (Fsp3) is 0.450. The summed E-state index contributed by atoms with van der Waals surface area (Å²) in [5.41, 5.74) is 2.26. The molecule has 5 atom stereocenters. The number of nitrogens with one attached hydrogen (secondary N) is 1. The number of aromatic nitrogens is 4. The highest BCUT2D eigenvalue weighted by atomic mass is 16.6. The molecule has 0 spiro atoms. The fourth-order valence-electron chi connectivity index (χ4n) is 3.64. The van der Waals surface area contributed by atoms with Crippen molar-refractivity contribution in [3.8, 4) is 0 Å². The molecule has 1 aromatic carbocycles. The van der Waals surface area contributed by atoms with E-state index in [0.29, 0.717) is 17.0 Å². The molecular formula is C20H25N5O4. The van der Waals surface area contributed by atoms with E-state index >= 15 is 0 Å². The Morgan fingerprint density at radius 1 is 1.14 bits per heavy atom. The number of aliphatic hydroxyl groups is 3. The molecule has 29 heavy (non-hydrogen) atoms. The minimum atomic E-state index is -1.20. The van der Waals surface area contributed by atoms with Crippen LogP contribution in [0.4, 0.5) is 5.82 Å². The number of imidazole rings is 1. The molecule has 0 amide bonds. The molecule has 0 saturated carbocycles. The number of aliphatic hydroxyl groups excluding tert-OH is 3. The molecule has 154 valence electrons. The average Bonchev–Trinajstić information content (AvgIpc) is 3.30. The first-order chi connectivity index (χ1) is 14.1. The van der Waals surface area contributed by atoms with Crippen molar-refractivity contribution in [2.24, 2.45) is 0 Å². The number of rotatable bonds is 7. The molecule has 9 heteroatoms. The van der Waals surface area contributed by atoms with Gasteiger partial charge in [-0.05, 0) is 18.4 Å². The molecule has 4 rings (SSSR count). The van der Waals surface area contributed by atoms with Gasteiger partial charge in [-0.2, -0.15) is 0 Å². The summed E-state index contributed by atoms with van der Waals surface area (Å²) >= 11 is 0. The van der Waals surface area contributed by atoms with Crippen LogP contribution in [0.1, 0.15) is 25.1 Å². The number of nitrogens with zero attached hydrogens (tertiary/aromatic N) is 4. The van der Waals surface area contributed by atoms with Gasteiger partial charge in [0.1, 0.15) is 24.6 Å². The van der Waals surface area contributed by atoms with Crippen LogP contribution in [0.25, 0.3) is 11.2 Å². The highest BCUT2D eigenvalue weighted by Crippen LogP contribution is 2.32. The first-order valence-corrected chi connectivity index (χ1v) is 9.72. The Labute approximate surface area is 168 Å². The van der Waals surface area contributed by atoms with E-state index < -0.39 is 24.5 Å². The summed E-state index contributed by atoms with van der Waals surface area (Å²) in [4.78, 5) is 13.0. The SMILES string of the molecule is CCC(Cc1ccccc1)Nc1ncnc2c1ncn2[C@H]1O[C@H](CO)[C@@H](O)[C@H]1O. The number of hydrogen-bond donors (Lipinski definition) is 4. The molecule has 1 aliphatic heterocycles. The maximum Gasteiger partial charge on any atom is 0.167 e. The predicted molar refractivity (Wildman–Crippen MR) is 106 cm³/mol. The number of hydrogen-bond acceptors (Lipinski definition) is 8. The summed E-state index contributed by atoms with van der Waals surface area (Å²) < 4.78 is 7.16. The van der Waals surface area contributed by atoms with E-state index in [9.17, 15) is 15.3 Å². The molecule has 1 fully saturated rings. The highest BCUT2D eigenvalue weighted by Gasteiger charge is 2.44. The molecule has 4 N–H and O–H groups in total. The third-order valence-electron chi connectivity index (χ3n) is 5.31. The molecule has 2 aromatic heterocycles. The summed E-state index contributed by atoms with van der Waals surface area (Å²) in [7, 11) is 0. The molecule has 0 bridgehead atoms. The Hall–Kier alpha value is -2.59. The van der Waals surface area contributed by atoms with Crippen LogP contribution >= 0.6 is 0 Å². The zero-order valence-corrected chi connectivity index (χ0v) is 16.1. The summed E-state index contributed by atoms with van der Waals surface area (Å²) in [6.07, 6.45) is 0.550. The smallest absolute Gasteiger partial charge is 0.167 e. The van der Waals surface area contributed by atoms with Gasteiger partial charge < -0.3 is 25.4 Å². The Kier molecular flexibility index (Phi) is 5.72. The van der Waals surface area contributed by atoms with Crippen molar-refractivity contribution in [3.05, 3.63) is 48.5 Å². The monoisotopic (exact) mass is 399 g/mol. The Bertz CT molecular complexity index is 950. The molecule has 1 saturated heterocycles. The van der Waals surface area contributed by atoms with E-state index in [2.05, 4.69) is 39.3 Å². The predicted octanol–water partition coefficient (Wildman–Crippen LogP) is 0.871. The normalized spacial score (nSPS) is 25.4. The first kappa shape index (κ1) is 19.7. The van der Waals surface area contributed by atoms with Gasteiger partial charge in [0.15, 0.2) is 23.2 Å². The number of ether oxygens (including phenoxy) is 1. The van der Waals surface area contributed by atoms with E-state index in [1.54, 1.807) is 4.57 Å². The average molecular weight is 399 g/mol. The van der Waals surface area contributed by atoms with E-state index in [1.165, 1.54) is 18.2 Å². The van der Waals surface area contributed by atoms with Crippen LogP contribution in [0, 0.1) is 0 Å². The fourth-order valence-corrected chi connectivity index (χ4v) is 3.64. The van der Waals surface area contributed by atoms with Gasteiger partial charge in [-0.25, -0.2) is 15.0 Å². The second-order valence-corrected chi connectivity index (χ2v) is 7.21. The lowest BCUT2D eigenvalue weighted by Crippen LogP contribution is -2.33. The zero-order chi connectivity index (χ0) is 20.4. The largest absolute Gasteiger partial charge is 0.394 e. The van der Waals surface area contributed by atoms with Gasteiger partial charge in [0, 0.05) is 6.04 Å². The second kappa shape index (κ2) is 8.42. The van der Waals surface area contributed by atoms with Gasteiger partial charge >= 0.3 is 0 Å². The van der Waals surface area contributed by atoms with Crippen LogP contribution < -0.4 is 5.32 Å². The van der Waals surface area contributed by atoms with Gasteiger partial charge in [0.25, 0.3) is 0 Å². The Morgan fingerprint density at radius 3 is 2.62 bits per heavy atom. The van der Waals surface area contributed by atoms with Crippen molar-refractivity contribution in [1.82, 2.24) is 19.5 Å². The van der Waals surface area contributed by atoms with E-state index in [-0.39, 0.29) is 12.6 Å². The standard InChI is InChI=1S/C20H25N5O4/c1-2-13(8-12-6-4-3-5-7-12)24-18-15-19(22-10-21-18)25(11-23-15)20-17(28)16(27)14(9-26)29-20/h3-7,10-11,13-14,16-17,20,26-28H,2,8-9H2,1H3,(H,21,22,24)/t13?,14-,16-,17-,20+/m1/s1. The lowest BCUT2D eigenvalue weighted by Gasteiger charge is -2.18. The maximum absolute atomic E-state index is 10.3. The van der Waals surface area contributed by atoms with Crippen LogP contribution in [0.3, 0.4) is 0 Å². The molecule has 1 unspecified atom stereocenters. The van der Waals surface area contributed by atoms with Crippen LogP contribution in [-0.2, 0) is 11.2 Å². The van der Waals surface area contributed by atoms with E-state index in [4.69, 9.17) is 4.74 Å². The van der Waals surface area contributed by atoms with Gasteiger partial charge in [-0.3, -0.25) is 4.57 Å². The van der Waals surface area contributed by atoms with Crippen molar-refractivity contribution in [1.29, 1.82) is 0 Å². The summed E-state index contributed by atoms with van der Waals surface area (Å²) in [6.45, 7) is 1.72. The summed E-state index contributed by atoms with van der Waals surface area (Å²) in [5.74, 6) is 0.600. The lowest BCUT2D eigenvalue weighted by atomic mass is 10.0. The first-order valence-electron chi connectivity index (χ1n) is 9.72. The molecule has 3 aromatic rings. The van der Waals surface area contributed by atoms with Crippen molar-refractivity contribution < 1.29 is 20.1 Å². The molecular weight excluding hydrogens is 374 g/mol. The third kappa shape index (κ3) is 3.82. The molecule has 3 heterocycles. The van der Waals surface area contributed by atoms with Gasteiger partial charge in [-0.15, -0.1) is 0 Å². The van der Waals surface area contributed by atoms with Crippen LogP contribution in [0.2, 0.25) is 0 Å². The van der Waals surface area contributed by atoms with Crippen LogP contribution in [0.5, 0.6) is 0 Å². The highest BCUT2D eigenvalue weighted by molar-refractivity contribution is 5.82. The third-order valence-corrected chi connectivity index (χ3v) is 5.31. The summed E-state index contributed by atoms with van der Waals surface area (Å²) in [6, 6.07) is 10.4. The topological polar surface area (TPSA) is 126 Å². The number of anilines is 1. The molecule has 1 aliphatic rings. The molecule has 9 nitrogen and oxygen atoms in total. The van der Waals surface area contributed by atoms with Crippen LogP contribution in [-0.4, -0.2) is 65.8 Å². The van der Waals surface area contributed by atoms with Gasteiger partial charge in [-0.1, -0.05) is 37.3 Å². The number of fused-ring (bicyclic) bond motifs is 1.